The SMILES string of the molecule is CCOC(=O)C(C)N[C@H](C)c1ccccc1OC. The van der Waals surface area contributed by atoms with E-state index in [9.17, 15) is 4.79 Å². The average Bonchev–Trinajstić information content (AvgIpc) is 2.38. The Labute approximate surface area is 108 Å². The van der Waals surface area contributed by atoms with Gasteiger partial charge in [-0.3, -0.25) is 10.1 Å². The zero-order valence-corrected chi connectivity index (χ0v) is 11.4. The van der Waals surface area contributed by atoms with Crippen LogP contribution in [-0.2, 0) is 9.53 Å². The van der Waals surface area contributed by atoms with Crippen LogP contribution < -0.4 is 10.1 Å². The summed E-state index contributed by atoms with van der Waals surface area (Å²) in [7, 11) is 1.64. The number of methoxy groups -OCH3 is 1. The summed E-state index contributed by atoms with van der Waals surface area (Å²) in [5.41, 5.74) is 1.02. The molecule has 0 aliphatic heterocycles. The number of rotatable bonds is 6. The monoisotopic (exact) mass is 251 g/mol. The van der Waals surface area contributed by atoms with Crippen LogP contribution in [-0.4, -0.2) is 25.7 Å². The molecule has 0 aromatic heterocycles. The zero-order chi connectivity index (χ0) is 13.5. The van der Waals surface area contributed by atoms with Crippen LogP contribution in [0.3, 0.4) is 0 Å². The predicted molar refractivity (Wildman–Crippen MR) is 70.6 cm³/mol. The molecule has 0 saturated heterocycles. The normalized spacial score (nSPS) is 13.8. The lowest BCUT2D eigenvalue weighted by Gasteiger charge is -2.20. The highest BCUT2D eigenvalue weighted by Crippen LogP contribution is 2.24. The number of esters is 1. The van der Waals surface area contributed by atoms with Crippen molar-refractivity contribution in [2.75, 3.05) is 13.7 Å². The molecule has 0 aliphatic carbocycles. The number of nitrogens with one attached hydrogen (secondary N) is 1. The molecule has 1 N–H and O–H groups in total. The van der Waals surface area contributed by atoms with Crippen LogP contribution in [0.5, 0.6) is 5.75 Å². The Morgan fingerprint density at radius 1 is 1.33 bits per heavy atom. The molecule has 4 nitrogen and oxygen atoms in total. The summed E-state index contributed by atoms with van der Waals surface area (Å²) in [6, 6.07) is 7.43. The van der Waals surface area contributed by atoms with E-state index in [1.165, 1.54) is 0 Å². The number of hydrogen-bond acceptors (Lipinski definition) is 4. The Hall–Kier alpha value is -1.55. The fourth-order valence-corrected chi connectivity index (χ4v) is 1.82. The molecule has 0 heterocycles. The van der Waals surface area contributed by atoms with Gasteiger partial charge in [-0.1, -0.05) is 18.2 Å². The molecule has 0 saturated carbocycles. The van der Waals surface area contributed by atoms with Gasteiger partial charge in [0, 0.05) is 11.6 Å². The predicted octanol–water partition coefficient (Wildman–Crippen LogP) is 2.30. The van der Waals surface area contributed by atoms with E-state index < -0.39 is 0 Å². The van der Waals surface area contributed by atoms with E-state index in [-0.39, 0.29) is 18.1 Å². The van der Waals surface area contributed by atoms with Gasteiger partial charge in [-0.25, -0.2) is 0 Å². The average molecular weight is 251 g/mol. The van der Waals surface area contributed by atoms with E-state index in [1.54, 1.807) is 21.0 Å². The second-order valence-electron chi connectivity index (χ2n) is 4.10. The van der Waals surface area contributed by atoms with Gasteiger partial charge in [0.05, 0.1) is 13.7 Å². The van der Waals surface area contributed by atoms with Crippen molar-refractivity contribution in [2.45, 2.75) is 32.9 Å². The third-order valence-corrected chi connectivity index (χ3v) is 2.75. The Balaban J connectivity index is 2.70. The van der Waals surface area contributed by atoms with Crippen molar-refractivity contribution in [1.29, 1.82) is 0 Å². The minimum absolute atomic E-state index is 0.0144. The number of carbonyl (C=O) groups excluding carboxylic acids is 1. The van der Waals surface area contributed by atoms with E-state index in [2.05, 4.69) is 5.32 Å². The molecule has 4 heteroatoms. The fourth-order valence-electron chi connectivity index (χ4n) is 1.82. The van der Waals surface area contributed by atoms with Crippen molar-refractivity contribution in [2.24, 2.45) is 0 Å². The minimum atomic E-state index is -0.343. The summed E-state index contributed by atoms with van der Waals surface area (Å²) in [4.78, 5) is 11.5. The molecule has 18 heavy (non-hydrogen) atoms. The highest BCUT2D eigenvalue weighted by molar-refractivity contribution is 5.75. The summed E-state index contributed by atoms with van der Waals surface area (Å²) in [5.74, 6) is 0.577. The van der Waals surface area contributed by atoms with Crippen molar-refractivity contribution in [3.05, 3.63) is 29.8 Å². The number of ether oxygens (including phenoxy) is 2. The molecule has 0 radical (unpaired) electrons. The van der Waals surface area contributed by atoms with Gasteiger partial charge in [-0.15, -0.1) is 0 Å². The Bertz CT molecular complexity index is 392. The summed E-state index contributed by atoms with van der Waals surface area (Å²) in [5, 5.41) is 3.20. The third-order valence-electron chi connectivity index (χ3n) is 2.75. The van der Waals surface area contributed by atoms with Gasteiger partial charge >= 0.3 is 5.97 Å². The Morgan fingerprint density at radius 2 is 2.00 bits per heavy atom. The topological polar surface area (TPSA) is 47.6 Å². The Kier molecular flexibility index (Phi) is 5.65. The highest BCUT2D eigenvalue weighted by atomic mass is 16.5. The van der Waals surface area contributed by atoms with Crippen molar-refractivity contribution in [3.8, 4) is 5.75 Å². The van der Waals surface area contributed by atoms with Crippen molar-refractivity contribution < 1.29 is 14.3 Å². The van der Waals surface area contributed by atoms with Gasteiger partial charge in [0.1, 0.15) is 11.8 Å². The van der Waals surface area contributed by atoms with Crippen LogP contribution in [0.2, 0.25) is 0 Å². The molecule has 1 aromatic carbocycles. The lowest BCUT2D eigenvalue weighted by Crippen LogP contribution is -2.37. The summed E-state index contributed by atoms with van der Waals surface area (Å²) in [6.45, 7) is 5.99. The van der Waals surface area contributed by atoms with Gasteiger partial charge in [-0.2, -0.15) is 0 Å². The van der Waals surface area contributed by atoms with E-state index in [1.807, 2.05) is 31.2 Å². The molecule has 1 unspecified atom stereocenters. The van der Waals surface area contributed by atoms with Gasteiger partial charge < -0.3 is 9.47 Å². The molecule has 0 bridgehead atoms. The molecular weight excluding hydrogens is 230 g/mol. The highest BCUT2D eigenvalue weighted by Gasteiger charge is 2.18. The molecule has 1 aromatic rings. The summed E-state index contributed by atoms with van der Waals surface area (Å²) in [6.07, 6.45) is 0. The zero-order valence-electron chi connectivity index (χ0n) is 11.4. The van der Waals surface area contributed by atoms with E-state index in [0.29, 0.717) is 6.61 Å². The van der Waals surface area contributed by atoms with Crippen LogP contribution in [0.4, 0.5) is 0 Å². The van der Waals surface area contributed by atoms with Gasteiger partial charge in [-0.05, 0) is 26.8 Å². The Morgan fingerprint density at radius 3 is 2.61 bits per heavy atom. The molecule has 0 spiro atoms. The minimum Gasteiger partial charge on any atom is -0.496 e. The number of carbonyl (C=O) groups is 1. The fraction of sp³-hybridized carbons (Fsp3) is 0.500. The first-order valence-electron chi connectivity index (χ1n) is 6.15. The lowest BCUT2D eigenvalue weighted by molar-refractivity contribution is -0.145. The lowest BCUT2D eigenvalue weighted by atomic mass is 10.1. The summed E-state index contributed by atoms with van der Waals surface area (Å²) >= 11 is 0. The quantitative estimate of drug-likeness (QED) is 0.788. The van der Waals surface area contributed by atoms with Crippen LogP contribution in [0.1, 0.15) is 32.4 Å². The van der Waals surface area contributed by atoms with Crippen LogP contribution in [0.15, 0.2) is 24.3 Å². The van der Waals surface area contributed by atoms with Crippen molar-refractivity contribution in [1.82, 2.24) is 5.32 Å². The first-order valence-corrected chi connectivity index (χ1v) is 6.15. The maximum absolute atomic E-state index is 11.5. The third kappa shape index (κ3) is 3.74. The molecule has 2 atom stereocenters. The molecule has 0 aliphatic rings. The number of hydrogen-bond donors (Lipinski definition) is 1. The van der Waals surface area contributed by atoms with Crippen LogP contribution in [0, 0.1) is 0 Å². The second-order valence-corrected chi connectivity index (χ2v) is 4.10. The van der Waals surface area contributed by atoms with Gasteiger partial charge in [0.2, 0.25) is 0 Å². The number of benzene rings is 1. The molecule has 1 rings (SSSR count). The maximum Gasteiger partial charge on any atom is 0.322 e. The van der Waals surface area contributed by atoms with Crippen molar-refractivity contribution in [3.63, 3.8) is 0 Å². The van der Waals surface area contributed by atoms with Crippen molar-refractivity contribution >= 4 is 5.97 Å². The summed E-state index contributed by atoms with van der Waals surface area (Å²) < 4.78 is 10.3. The van der Waals surface area contributed by atoms with E-state index >= 15 is 0 Å². The largest absolute Gasteiger partial charge is 0.496 e. The van der Waals surface area contributed by atoms with E-state index in [0.717, 1.165) is 11.3 Å². The second kappa shape index (κ2) is 7.01. The molecule has 0 fully saturated rings. The molecular formula is C14H21NO3. The molecule has 0 amide bonds. The number of para-hydroxylation sites is 1. The molecule has 100 valence electrons. The first kappa shape index (κ1) is 14.5. The van der Waals surface area contributed by atoms with Crippen LogP contribution >= 0.6 is 0 Å². The smallest absolute Gasteiger partial charge is 0.322 e. The van der Waals surface area contributed by atoms with Gasteiger partial charge in [0.25, 0.3) is 0 Å². The first-order chi connectivity index (χ1) is 8.60. The standard InChI is InChI=1S/C14H21NO3/c1-5-18-14(16)11(3)15-10(2)12-8-6-7-9-13(12)17-4/h6-11,15H,5H2,1-4H3/t10-,11?/m1/s1. The van der Waals surface area contributed by atoms with E-state index in [4.69, 9.17) is 9.47 Å². The maximum atomic E-state index is 11.5. The van der Waals surface area contributed by atoms with Crippen LogP contribution in [0.25, 0.3) is 0 Å². The van der Waals surface area contributed by atoms with Gasteiger partial charge in [0.15, 0.2) is 0 Å².